The van der Waals surface area contributed by atoms with Crippen molar-refractivity contribution >= 4 is 11.8 Å². The summed E-state index contributed by atoms with van der Waals surface area (Å²) in [4.78, 5) is 22.5. The van der Waals surface area contributed by atoms with Crippen LogP contribution >= 0.6 is 0 Å². The van der Waals surface area contributed by atoms with E-state index in [2.05, 4.69) is 0 Å². The molecule has 1 aliphatic rings. The highest BCUT2D eigenvalue weighted by molar-refractivity contribution is 6.03. The Labute approximate surface area is 91.0 Å². The molecule has 84 valence electrons. The van der Waals surface area contributed by atoms with Gasteiger partial charge in [-0.05, 0) is 18.2 Å². The normalized spacial score (nSPS) is 18.6. The fourth-order valence-electron chi connectivity index (χ4n) is 1.52. The lowest BCUT2D eigenvalue weighted by Crippen LogP contribution is -2.36. The second-order valence-electron chi connectivity index (χ2n) is 3.41. The van der Waals surface area contributed by atoms with Crippen molar-refractivity contribution < 1.29 is 23.5 Å². The van der Waals surface area contributed by atoms with E-state index in [9.17, 15) is 14.0 Å². The first-order valence-electron chi connectivity index (χ1n) is 4.71. The van der Waals surface area contributed by atoms with E-state index in [4.69, 9.17) is 9.47 Å². The molecule has 1 aromatic rings. The van der Waals surface area contributed by atoms with Crippen molar-refractivity contribution in [1.82, 2.24) is 0 Å². The summed E-state index contributed by atoms with van der Waals surface area (Å²) >= 11 is 0. The third-order valence-electron chi connectivity index (χ3n) is 2.20. The Kier molecular flexibility index (Phi) is 2.60. The minimum Gasteiger partial charge on any atom is -0.488 e. The van der Waals surface area contributed by atoms with Crippen molar-refractivity contribution in [3.63, 3.8) is 0 Å². The van der Waals surface area contributed by atoms with Crippen molar-refractivity contribution in [3.8, 4) is 5.75 Å². The quantitative estimate of drug-likeness (QED) is 0.675. The third kappa shape index (κ3) is 1.88. The second kappa shape index (κ2) is 3.92. The molecule has 0 aliphatic carbocycles. The Morgan fingerprint density at radius 3 is 3.00 bits per heavy atom. The van der Waals surface area contributed by atoms with Crippen LogP contribution in [0.3, 0.4) is 0 Å². The van der Waals surface area contributed by atoms with Crippen LogP contribution in [0, 0.1) is 5.82 Å². The predicted octanol–water partition coefficient (Wildman–Crippen LogP) is 1.33. The lowest BCUT2D eigenvalue weighted by atomic mass is 10.0. The van der Waals surface area contributed by atoms with Crippen molar-refractivity contribution in [2.24, 2.45) is 0 Å². The summed E-state index contributed by atoms with van der Waals surface area (Å²) in [6, 6.07) is 3.66. The minimum absolute atomic E-state index is 0.0307. The maximum atomic E-state index is 12.9. The molecule has 1 aromatic carbocycles. The van der Waals surface area contributed by atoms with Crippen molar-refractivity contribution in [3.05, 3.63) is 29.6 Å². The largest absolute Gasteiger partial charge is 0.488 e. The van der Waals surface area contributed by atoms with Gasteiger partial charge >= 0.3 is 5.97 Å². The van der Waals surface area contributed by atoms with Gasteiger partial charge in [0.05, 0.1) is 5.56 Å². The highest BCUT2D eigenvalue weighted by atomic mass is 19.1. The Bertz CT molecular complexity index is 455. The van der Waals surface area contributed by atoms with Gasteiger partial charge in [0.25, 0.3) is 0 Å². The van der Waals surface area contributed by atoms with Crippen LogP contribution in [0.25, 0.3) is 0 Å². The minimum atomic E-state index is -0.980. The van der Waals surface area contributed by atoms with Crippen molar-refractivity contribution in [2.45, 2.75) is 13.0 Å². The first-order chi connectivity index (χ1) is 7.58. The number of esters is 1. The van der Waals surface area contributed by atoms with E-state index in [0.29, 0.717) is 5.75 Å². The lowest BCUT2D eigenvalue weighted by Gasteiger charge is -2.23. The molecule has 0 bridgehead atoms. The molecule has 1 aliphatic heterocycles. The molecule has 0 aromatic heterocycles. The van der Waals surface area contributed by atoms with E-state index < -0.39 is 23.7 Å². The fraction of sp³-hybridized carbons (Fsp3) is 0.273. The number of fused-ring (bicyclic) bond motifs is 1. The monoisotopic (exact) mass is 224 g/mol. The first kappa shape index (κ1) is 10.6. The number of ether oxygens (including phenoxy) is 2. The number of carbonyl (C=O) groups excluding carboxylic acids is 2. The average Bonchev–Trinajstić information content (AvgIpc) is 2.22. The zero-order chi connectivity index (χ0) is 11.7. The topological polar surface area (TPSA) is 52.6 Å². The van der Waals surface area contributed by atoms with E-state index in [1.807, 2.05) is 0 Å². The third-order valence-corrected chi connectivity index (χ3v) is 2.20. The van der Waals surface area contributed by atoms with Crippen LogP contribution in [0.4, 0.5) is 4.39 Å². The molecule has 4 nitrogen and oxygen atoms in total. The summed E-state index contributed by atoms with van der Waals surface area (Å²) < 4.78 is 22.9. The van der Waals surface area contributed by atoms with Gasteiger partial charge in [0.1, 0.15) is 18.2 Å². The molecule has 0 amide bonds. The fourth-order valence-corrected chi connectivity index (χ4v) is 1.52. The van der Waals surface area contributed by atoms with Gasteiger partial charge in [-0.15, -0.1) is 0 Å². The predicted molar refractivity (Wildman–Crippen MR) is 51.8 cm³/mol. The zero-order valence-electron chi connectivity index (χ0n) is 8.53. The molecule has 1 unspecified atom stereocenters. The Morgan fingerprint density at radius 1 is 1.56 bits per heavy atom. The van der Waals surface area contributed by atoms with Crippen LogP contribution in [0.1, 0.15) is 17.3 Å². The van der Waals surface area contributed by atoms with Crippen molar-refractivity contribution in [1.29, 1.82) is 0 Å². The molecule has 0 fully saturated rings. The number of ketones is 1. The lowest BCUT2D eigenvalue weighted by molar-refractivity contribution is -0.145. The van der Waals surface area contributed by atoms with Gasteiger partial charge in [0, 0.05) is 6.92 Å². The SMILES string of the molecule is CC(=O)OC1COc2ccc(F)cc2C1=O. The van der Waals surface area contributed by atoms with E-state index in [-0.39, 0.29) is 12.2 Å². The Balaban J connectivity index is 2.30. The molecule has 0 spiro atoms. The molecular weight excluding hydrogens is 215 g/mol. The van der Waals surface area contributed by atoms with Crippen LogP contribution in [0.2, 0.25) is 0 Å². The summed E-state index contributed by atoms with van der Waals surface area (Å²) in [6.07, 6.45) is -0.980. The Morgan fingerprint density at radius 2 is 2.31 bits per heavy atom. The number of hydrogen-bond acceptors (Lipinski definition) is 4. The van der Waals surface area contributed by atoms with Gasteiger partial charge in [-0.1, -0.05) is 0 Å². The standard InChI is InChI=1S/C11H9FO4/c1-6(13)16-10-5-15-9-3-2-7(12)4-8(9)11(10)14/h2-4,10H,5H2,1H3. The van der Waals surface area contributed by atoms with Gasteiger partial charge in [-0.2, -0.15) is 0 Å². The molecule has 0 N–H and O–H groups in total. The van der Waals surface area contributed by atoms with Gasteiger partial charge in [-0.3, -0.25) is 9.59 Å². The zero-order valence-corrected chi connectivity index (χ0v) is 8.53. The van der Waals surface area contributed by atoms with Gasteiger partial charge < -0.3 is 9.47 Å². The summed E-state index contributed by atoms with van der Waals surface area (Å²) in [6.45, 7) is 1.17. The molecule has 1 heterocycles. The maximum absolute atomic E-state index is 12.9. The number of hydrogen-bond donors (Lipinski definition) is 0. The summed E-state index contributed by atoms with van der Waals surface area (Å²) in [7, 11) is 0. The van der Waals surface area contributed by atoms with Crippen LogP contribution in [-0.4, -0.2) is 24.5 Å². The molecule has 5 heteroatoms. The number of Topliss-reactive ketones (excluding diaryl/α,β-unsaturated/α-hetero) is 1. The van der Waals surface area contributed by atoms with E-state index in [1.165, 1.54) is 19.1 Å². The highest BCUT2D eigenvalue weighted by Crippen LogP contribution is 2.26. The number of carbonyl (C=O) groups is 2. The molecule has 16 heavy (non-hydrogen) atoms. The maximum Gasteiger partial charge on any atom is 0.303 e. The molecule has 0 saturated heterocycles. The molecule has 0 saturated carbocycles. The van der Waals surface area contributed by atoms with Gasteiger partial charge in [-0.25, -0.2) is 4.39 Å². The van der Waals surface area contributed by atoms with Crippen molar-refractivity contribution in [2.75, 3.05) is 6.61 Å². The average molecular weight is 224 g/mol. The number of halogens is 1. The molecule has 0 radical (unpaired) electrons. The van der Waals surface area contributed by atoms with E-state index >= 15 is 0 Å². The van der Waals surface area contributed by atoms with Gasteiger partial charge in [0.15, 0.2) is 6.10 Å². The van der Waals surface area contributed by atoms with Crippen LogP contribution in [0.5, 0.6) is 5.75 Å². The van der Waals surface area contributed by atoms with Gasteiger partial charge in [0.2, 0.25) is 5.78 Å². The summed E-state index contributed by atoms with van der Waals surface area (Å²) in [5.41, 5.74) is 0.109. The molecule has 2 rings (SSSR count). The highest BCUT2D eigenvalue weighted by Gasteiger charge is 2.31. The van der Waals surface area contributed by atoms with Crippen LogP contribution < -0.4 is 4.74 Å². The van der Waals surface area contributed by atoms with E-state index in [1.54, 1.807) is 0 Å². The molecular formula is C11H9FO4. The summed E-state index contributed by atoms with van der Waals surface area (Å²) in [5.74, 6) is -1.22. The second-order valence-corrected chi connectivity index (χ2v) is 3.41. The first-order valence-corrected chi connectivity index (χ1v) is 4.71. The molecule has 1 atom stereocenters. The van der Waals surface area contributed by atoms with E-state index in [0.717, 1.165) is 6.07 Å². The Hall–Kier alpha value is -1.91. The van der Waals surface area contributed by atoms with Crippen LogP contribution in [-0.2, 0) is 9.53 Å². The smallest absolute Gasteiger partial charge is 0.303 e. The number of rotatable bonds is 1. The van der Waals surface area contributed by atoms with Crippen LogP contribution in [0.15, 0.2) is 18.2 Å². The summed E-state index contributed by atoms with van der Waals surface area (Å²) in [5, 5.41) is 0. The number of benzene rings is 1.